The molecule has 0 saturated heterocycles. The molecule has 0 aromatic heterocycles. The van der Waals surface area contributed by atoms with Gasteiger partial charge in [0.25, 0.3) is 0 Å². The highest BCUT2D eigenvalue weighted by Gasteiger charge is 2.34. The molecule has 0 heterocycles. The number of hydrogen-bond donors (Lipinski definition) is 0. The number of alkyl halides is 1. The molecule has 2 aromatic carbocycles. The van der Waals surface area contributed by atoms with Crippen molar-refractivity contribution in [2.24, 2.45) is 5.92 Å². The van der Waals surface area contributed by atoms with Crippen LogP contribution < -0.4 is 9.47 Å². The first-order chi connectivity index (χ1) is 11.7. The van der Waals surface area contributed by atoms with Gasteiger partial charge in [0.15, 0.2) is 17.3 Å². The van der Waals surface area contributed by atoms with Gasteiger partial charge < -0.3 is 9.47 Å². The Morgan fingerprint density at radius 2 is 1.88 bits per heavy atom. The topological polar surface area (TPSA) is 35.5 Å². The molecule has 0 spiro atoms. The molecule has 3 nitrogen and oxygen atoms in total. The first-order valence-electron chi connectivity index (χ1n) is 7.73. The summed E-state index contributed by atoms with van der Waals surface area (Å²) in [5, 5.41) is 0. The molecule has 1 atom stereocenters. The van der Waals surface area contributed by atoms with E-state index in [0.717, 1.165) is 33.3 Å². The van der Waals surface area contributed by atoms with Crippen LogP contribution in [0.2, 0.25) is 0 Å². The minimum atomic E-state index is -0.433. The van der Waals surface area contributed by atoms with Crippen molar-refractivity contribution in [2.45, 2.75) is 17.7 Å². The summed E-state index contributed by atoms with van der Waals surface area (Å²) in [6, 6.07) is 10.9. The summed E-state index contributed by atoms with van der Waals surface area (Å²) in [7, 11) is 3.19. The summed E-state index contributed by atoms with van der Waals surface area (Å²) in [5.41, 5.74) is 2.73. The van der Waals surface area contributed by atoms with Crippen LogP contribution >= 0.6 is 11.8 Å². The number of Topliss-reactive ketones (excluding diaryl/α,β-unsaturated/α-hetero) is 1. The minimum Gasteiger partial charge on any atom is -0.493 e. The summed E-state index contributed by atoms with van der Waals surface area (Å²) in [6.45, 7) is 0. The Bertz CT molecular complexity index is 743. The minimum absolute atomic E-state index is 0.0966. The molecule has 0 saturated carbocycles. The third-order valence-electron chi connectivity index (χ3n) is 4.36. The third kappa shape index (κ3) is 3.13. The molecule has 1 unspecified atom stereocenters. The highest BCUT2D eigenvalue weighted by molar-refractivity contribution is 7.99. The van der Waals surface area contributed by atoms with Crippen LogP contribution in [0.25, 0.3) is 0 Å². The van der Waals surface area contributed by atoms with E-state index in [1.54, 1.807) is 20.3 Å². The SMILES string of the molecule is COc1ccc2c(c1OC)CC(Cc1ccc(SCF)cc1)C2=O. The van der Waals surface area contributed by atoms with Gasteiger partial charge in [-0.25, -0.2) is 4.39 Å². The van der Waals surface area contributed by atoms with Crippen molar-refractivity contribution < 1.29 is 18.7 Å². The highest BCUT2D eigenvalue weighted by atomic mass is 32.2. The summed E-state index contributed by atoms with van der Waals surface area (Å²) in [4.78, 5) is 13.6. The predicted molar refractivity (Wildman–Crippen MR) is 93.0 cm³/mol. The molecule has 0 aliphatic heterocycles. The van der Waals surface area contributed by atoms with Crippen LogP contribution in [0.5, 0.6) is 11.5 Å². The van der Waals surface area contributed by atoms with Crippen molar-refractivity contribution in [3.05, 3.63) is 53.1 Å². The highest BCUT2D eigenvalue weighted by Crippen LogP contribution is 2.40. The number of halogens is 1. The van der Waals surface area contributed by atoms with Crippen molar-refractivity contribution in [3.63, 3.8) is 0 Å². The predicted octanol–water partition coefficient (Wildman–Crippen LogP) is 4.32. The van der Waals surface area contributed by atoms with Crippen molar-refractivity contribution in [1.29, 1.82) is 0 Å². The number of rotatable bonds is 6. The maximum atomic E-state index is 12.7. The van der Waals surface area contributed by atoms with Gasteiger partial charge in [0, 0.05) is 21.9 Å². The molecule has 24 heavy (non-hydrogen) atoms. The molecule has 2 aromatic rings. The fourth-order valence-corrected chi connectivity index (χ4v) is 3.67. The van der Waals surface area contributed by atoms with Crippen LogP contribution in [0.4, 0.5) is 4.39 Å². The Balaban J connectivity index is 1.80. The Hall–Kier alpha value is -2.01. The van der Waals surface area contributed by atoms with Crippen LogP contribution in [0.3, 0.4) is 0 Å². The van der Waals surface area contributed by atoms with Gasteiger partial charge in [0.1, 0.15) is 6.01 Å². The van der Waals surface area contributed by atoms with E-state index in [0.29, 0.717) is 24.3 Å². The van der Waals surface area contributed by atoms with Gasteiger partial charge in [-0.05, 0) is 42.7 Å². The normalized spacial score (nSPS) is 16.1. The molecule has 1 aliphatic carbocycles. The summed E-state index contributed by atoms with van der Waals surface area (Å²) in [6.07, 6.45) is 1.31. The van der Waals surface area contributed by atoms with E-state index in [1.807, 2.05) is 30.3 Å². The second-order valence-corrected chi connectivity index (χ2v) is 6.67. The molecule has 126 valence electrons. The van der Waals surface area contributed by atoms with Gasteiger partial charge in [-0.15, -0.1) is 0 Å². The Kier molecular flexibility index (Phi) is 5.09. The summed E-state index contributed by atoms with van der Waals surface area (Å²) >= 11 is 1.16. The second kappa shape index (κ2) is 7.26. The number of benzene rings is 2. The van der Waals surface area contributed by atoms with Gasteiger partial charge in [-0.2, -0.15) is 0 Å². The number of ether oxygens (including phenoxy) is 2. The van der Waals surface area contributed by atoms with E-state index in [1.165, 1.54) is 0 Å². The number of thioether (sulfide) groups is 1. The number of hydrogen-bond acceptors (Lipinski definition) is 4. The van der Waals surface area contributed by atoms with Gasteiger partial charge >= 0.3 is 0 Å². The molecule has 5 heteroatoms. The molecular weight excluding hydrogens is 327 g/mol. The fourth-order valence-electron chi connectivity index (χ4n) is 3.22. The Labute approximate surface area is 145 Å². The molecule has 0 fully saturated rings. The average Bonchev–Trinajstić information content (AvgIpc) is 2.92. The van der Waals surface area contributed by atoms with E-state index in [4.69, 9.17) is 9.47 Å². The van der Waals surface area contributed by atoms with Crippen LogP contribution in [0.15, 0.2) is 41.3 Å². The summed E-state index contributed by atoms with van der Waals surface area (Å²) < 4.78 is 23.1. The Morgan fingerprint density at radius 1 is 1.12 bits per heavy atom. The molecule has 0 radical (unpaired) electrons. The van der Waals surface area contributed by atoms with E-state index in [2.05, 4.69) is 0 Å². The number of ketones is 1. The standard InChI is InChI=1S/C19H19FO3S/c1-22-17-8-7-15-16(19(17)23-2)10-13(18(15)21)9-12-3-5-14(6-4-12)24-11-20/h3-8,13H,9-11H2,1-2H3. The van der Waals surface area contributed by atoms with Gasteiger partial charge in [0.05, 0.1) is 14.2 Å². The van der Waals surface area contributed by atoms with Crippen LogP contribution in [-0.4, -0.2) is 26.0 Å². The molecule has 0 N–H and O–H groups in total. The molecule has 1 aliphatic rings. The van der Waals surface area contributed by atoms with Crippen molar-refractivity contribution in [2.75, 3.05) is 20.2 Å². The summed E-state index contributed by atoms with van der Waals surface area (Å²) in [5.74, 6) is 1.35. The van der Waals surface area contributed by atoms with Crippen molar-refractivity contribution in [3.8, 4) is 11.5 Å². The Morgan fingerprint density at radius 3 is 2.50 bits per heavy atom. The zero-order chi connectivity index (χ0) is 17.1. The first kappa shape index (κ1) is 16.8. The molecular formula is C19H19FO3S. The van der Waals surface area contributed by atoms with E-state index in [-0.39, 0.29) is 11.7 Å². The van der Waals surface area contributed by atoms with Gasteiger partial charge in [-0.3, -0.25) is 4.79 Å². The smallest absolute Gasteiger partial charge is 0.167 e. The maximum absolute atomic E-state index is 12.7. The van der Waals surface area contributed by atoms with E-state index in [9.17, 15) is 9.18 Å². The fraction of sp³-hybridized carbons (Fsp3) is 0.316. The number of carbonyl (C=O) groups is 1. The van der Waals surface area contributed by atoms with Gasteiger partial charge in [0.2, 0.25) is 0 Å². The van der Waals surface area contributed by atoms with Crippen molar-refractivity contribution in [1.82, 2.24) is 0 Å². The lowest BCUT2D eigenvalue weighted by atomic mass is 9.96. The lowest BCUT2D eigenvalue weighted by molar-refractivity contribution is 0.0936. The van der Waals surface area contributed by atoms with Crippen LogP contribution in [-0.2, 0) is 12.8 Å². The first-order valence-corrected chi connectivity index (χ1v) is 8.72. The van der Waals surface area contributed by atoms with Crippen molar-refractivity contribution >= 4 is 17.5 Å². The van der Waals surface area contributed by atoms with E-state index >= 15 is 0 Å². The zero-order valence-corrected chi connectivity index (χ0v) is 14.5. The van der Waals surface area contributed by atoms with Gasteiger partial charge in [-0.1, -0.05) is 23.9 Å². The number of methoxy groups -OCH3 is 2. The third-order valence-corrected chi connectivity index (χ3v) is 5.08. The maximum Gasteiger partial charge on any atom is 0.167 e. The largest absolute Gasteiger partial charge is 0.493 e. The number of fused-ring (bicyclic) bond motifs is 1. The zero-order valence-electron chi connectivity index (χ0n) is 13.7. The second-order valence-electron chi connectivity index (χ2n) is 5.69. The molecule has 3 rings (SSSR count). The van der Waals surface area contributed by atoms with Crippen LogP contribution in [0, 0.1) is 5.92 Å². The van der Waals surface area contributed by atoms with Crippen LogP contribution in [0.1, 0.15) is 21.5 Å². The number of carbonyl (C=O) groups excluding carboxylic acids is 1. The quantitative estimate of drug-likeness (QED) is 0.730. The molecule has 0 amide bonds. The van der Waals surface area contributed by atoms with E-state index < -0.39 is 6.01 Å². The molecule has 0 bridgehead atoms. The monoisotopic (exact) mass is 346 g/mol. The average molecular weight is 346 g/mol. The lowest BCUT2D eigenvalue weighted by Gasteiger charge is -2.11. The lowest BCUT2D eigenvalue weighted by Crippen LogP contribution is -2.12.